The van der Waals surface area contributed by atoms with Crippen LogP contribution in [0.2, 0.25) is 0 Å². The summed E-state index contributed by atoms with van der Waals surface area (Å²) < 4.78 is 0. The van der Waals surface area contributed by atoms with Crippen molar-refractivity contribution >= 4 is 17.3 Å². The second-order valence-electron chi connectivity index (χ2n) is 7.19. The molecule has 1 aliphatic rings. The van der Waals surface area contributed by atoms with Crippen LogP contribution in [0.25, 0.3) is 0 Å². The van der Waals surface area contributed by atoms with Crippen LogP contribution in [0.3, 0.4) is 0 Å². The van der Waals surface area contributed by atoms with Crippen molar-refractivity contribution in [2.75, 3.05) is 36.4 Å². The molecule has 2 aromatic carbocycles. The van der Waals surface area contributed by atoms with Crippen molar-refractivity contribution in [1.29, 1.82) is 0 Å². The van der Waals surface area contributed by atoms with E-state index in [1.165, 1.54) is 4.90 Å². The van der Waals surface area contributed by atoms with Gasteiger partial charge < -0.3 is 20.2 Å². The van der Waals surface area contributed by atoms with Gasteiger partial charge in [-0.1, -0.05) is 12.1 Å². The van der Waals surface area contributed by atoms with Gasteiger partial charge in [0.1, 0.15) is 5.75 Å². The third kappa shape index (κ3) is 4.17. The van der Waals surface area contributed by atoms with Crippen LogP contribution in [-0.4, -0.2) is 43.2 Å². The molecule has 0 radical (unpaired) electrons. The molecule has 1 aliphatic heterocycles. The van der Waals surface area contributed by atoms with Gasteiger partial charge in [-0.3, -0.25) is 4.79 Å². The van der Waals surface area contributed by atoms with Crippen molar-refractivity contribution in [1.82, 2.24) is 0 Å². The normalized spacial score (nSPS) is 16.3. The molecule has 26 heavy (non-hydrogen) atoms. The molecular weight excluding hydrogens is 326 g/mol. The molecule has 2 aromatic rings. The number of nitrogens with zero attached hydrogens (tertiary/aromatic N) is 1. The number of hydrogen-bond acceptors (Lipinski definition) is 3. The van der Waals surface area contributed by atoms with Gasteiger partial charge in [0.25, 0.3) is 5.91 Å². The Morgan fingerprint density at radius 2 is 1.77 bits per heavy atom. The summed E-state index contributed by atoms with van der Waals surface area (Å²) in [6, 6.07) is 13.4. The third-order valence-corrected chi connectivity index (χ3v) is 5.28. The standard InChI is InChI=1S/C21H27N3O2/c1-15-4-5-16(2)20(14-15)22-21(26)17(3)23-10-12-24(13-11-23)18-6-8-19(25)9-7-18/h4-9,14,17,25H,10-13H2,1-3H3,(H,22,26)/p+1/t17-/m1/s1. The Bertz CT molecular complexity index is 765. The van der Waals surface area contributed by atoms with Crippen molar-refractivity contribution in [3.8, 4) is 5.75 Å². The average Bonchev–Trinajstić information content (AvgIpc) is 2.65. The maximum atomic E-state index is 12.7. The first-order valence-corrected chi connectivity index (χ1v) is 9.21. The molecule has 0 aromatic heterocycles. The number of aromatic hydroxyl groups is 1. The first-order valence-electron chi connectivity index (χ1n) is 9.21. The third-order valence-electron chi connectivity index (χ3n) is 5.28. The van der Waals surface area contributed by atoms with Crippen LogP contribution in [0.5, 0.6) is 5.75 Å². The number of amides is 1. The number of nitrogens with one attached hydrogen (secondary N) is 2. The van der Waals surface area contributed by atoms with Crippen LogP contribution in [0, 0.1) is 13.8 Å². The number of anilines is 2. The van der Waals surface area contributed by atoms with Gasteiger partial charge in [0, 0.05) is 11.4 Å². The van der Waals surface area contributed by atoms with Gasteiger partial charge in [0.05, 0.1) is 26.2 Å². The van der Waals surface area contributed by atoms with Gasteiger partial charge in [0.2, 0.25) is 0 Å². The number of phenolic OH excluding ortho intramolecular Hbond substituents is 1. The largest absolute Gasteiger partial charge is 0.508 e. The van der Waals surface area contributed by atoms with Gasteiger partial charge in [-0.25, -0.2) is 0 Å². The van der Waals surface area contributed by atoms with E-state index in [1.54, 1.807) is 12.1 Å². The van der Waals surface area contributed by atoms with E-state index < -0.39 is 0 Å². The van der Waals surface area contributed by atoms with Gasteiger partial charge in [-0.2, -0.15) is 0 Å². The highest BCUT2D eigenvalue weighted by Gasteiger charge is 2.29. The Kier molecular flexibility index (Phi) is 5.47. The average molecular weight is 354 g/mol. The van der Waals surface area contributed by atoms with Crippen molar-refractivity contribution in [2.45, 2.75) is 26.8 Å². The van der Waals surface area contributed by atoms with Crippen molar-refractivity contribution < 1.29 is 14.8 Å². The summed E-state index contributed by atoms with van der Waals surface area (Å²) in [4.78, 5) is 16.3. The van der Waals surface area contributed by atoms with E-state index in [0.717, 1.165) is 48.7 Å². The molecule has 1 atom stereocenters. The minimum absolute atomic E-state index is 0.0757. The molecule has 5 heteroatoms. The topological polar surface area (TPSA) is 57.0 Å². The summed E-state index contributed by atoms with van der Waals surface area (Å²) in [5, 5.41) is 12.5. The van der Waals surface area contributed by atoms with Crippen molar-refractivity contribution in [2.24, 2.45) is 0 Å². The lowest BCUT2D eigenvalue weighted by atomic mass is 10.1. The lowest BCUT2D eigenvalue weighted by molar-refractivity contribution is -0.914. The van der Waals surface area contributed by atoms with Crippen molar-refractivity contribution in [3.63, 3.8) is 0 Å². The monoisotopic (exact) mass is 354 g/mol. The van der Waals surface area contributed by atoms with E-state index in [1.807, 2.05) is 45.0 Å². The number of phenols is 1. The van der Waals surface area contributed by atoms with Crippen LogP contribution >= 0.6 is 0 Å². The molecule has 1 heterocycles. The number of hydrogen-bond donors (Lipinski definition) is 3. The van der Waals surface area contributed by atoms with Crippen LogP contribution < -0.4 is 15.1 Å². The molecular formula is C21H28N3O2+. The van der Waals surface area contributed by atoms with Gasteiger partial charge in [0.15, 0.2) is 6.04 Å². The first-order chi connectivity index (χ1) is 12.4. The first kappa shape index (κ1) is 18.3. The van der Waals surface area contributed by atoms with E-state index in [2.05, 4.69) is 16.3 Å². The number of benzene rings is 2. The van der Waals surface area contributed by atoms with E-state index in [4.69, 9.17) is 0 Å². The fraction of sp³-hybridized carbons (Fsp3) is 0.381. The van der Waals surface area contributed by atoms with E-state index in [-0.39, 0.29) is 17.7 Å². The SMILES string of the molecule is Cc1ccc(C)c(NC(=O)[C@@H](C)[NH+]2CCN(c3ccc(O)cc3)CC2)c1. The van der Waals surface area contributed by atoms with Gasteiger partial charge >= 0.3 is 0 Å². The van der Waals surface area contributed by atoms with Crippen LogP contribution in [-0.2, 0) is 4.79 Å². The number of carbonyl (C=O) groups is 1. The summed E-state index contributed by atoms with van der Waals surface area (Å²) in [6.07, 6.45) is 0. The fourth-order valence-electron chi connectivity index (χ4n) is 3.45. The Labute approximate surface area is 155 Å². The van der Waals surface area contributed by atoms with Crippen LogP contribution in [0.1, 0.15) is 18.1 Å². The van der Waals surface area contributed by atoms with Crippen molar-refractivity contribution in [3.05, 3.63) is 53.6 Å². The van der Waals surface area contributed by atoms with Gasteiger partial charge in [-0.05, 0) is 62.2 Å². The van der Waals surface area contributed by atoms with E-state index in [9.17, 15) is 9.90 Å². The molecule has 138 valence electrons. The molecule has 1 saturated heterocycles. The highest BCUT2D eigenvalue weighted by Crippen LogP contribution is 2.18. The summed E-state index contributed by atoms with van der Waals surface area (Å²) in [6.45, 7) is 9.70. The molecule has 0 unspecified atom stereocenters. The number of piperazine rings is 1. The summed E-state index contributed by atoms with van der Waals surface area (Å²) in [5.41, 5.74) is 4.26. The van der Waals surface area contributed by atoms with Crippen LogP contribution in [0.4, 0.5) is 11.4 Å². The number of carbonyl (C=O) groups excluding carboxylic acids is 1. The Morgan fingerprint density at radius 1 is 1.12 bits per heavy atom. The predicted molar refractivity (Wildman–Crippen MR) is 105 cm³/mol. The molecule has 0 bridgehead atoms. The van der Waals surface area contributed by atoms with Crippen LogP contribution in [0.15, 0.2) is 42.5 Å². The minimum atomic E-state index is -0.0862. The smallest absolute Gasteiger partial charge is 0.282 e. The highest BCUT2D eigenvalue weighted by atomic mass is 16.3. The molecule has 0 aliphatic carbocycles. The fourth-order valence-corrected chi connectivity index (χ4v) is 3.45. The molecule has 5 nitrogen and oxygen atoms in total. The maximum absolute atomic E-state index is 12.7. The van der Waals surface area contributed by atoms with Gasteiger partial charge in [-0.15, -0.1) is 0 Å². The summed E-state index contributed by atoms with van der Waals surface area (Å²) in [7, 11) is 0. The Balaban J connectivity index is 1.57. The molecule has 0 spiro atoms. The molecule has 3 N–H and O–H groups in total. The number of aryl methyl sites for hydroxylation is 2. The summed E-state index contributed by atoms with van der Waals surface area (Å²) >= 11 is 0. The predicted octanol–water partition coefficient (Wildman–Crippen LogP) is 1.74. The van der Waals surface area contributed by atoms with E-state index >= 15 is 0 Å². The zero-order chi connectivity index (χ0) is 18.7. The number of rotatable bonds is 4. The minimum Gasteiger partial charge on any atom is -0.508 e. The lowest BCUT2D eigenvalue weighted by Crippen LogP contribution is -3.19. The maximum Gasteiger partial charge on any atom is 0.282 e. The lowest BCUT2D eigenvalue weighted by Gasteiger charge is -2.36. The molecule has 0 saturated carbocycles. The van der Waals surface area contributed by atoms with E-state index in [0.29, 0.717) is 0 Å². The highest BCUT2D eigenvalue weighted by molar-refractivity contribution is 5.94. The second kappa shape index (κ2) is 7.79. The molecule has 1 fully saturated rings. The second-order valence-corrected chi connectivity index (χ2v) is 7.19. The molecule has 1 amide bonds. The Morgan fingerprint density at radius 3 is 2.42 bits per heavy atom. The number of quaternary nitrogens is 1. The zero-order valence-corrected chi connectivity index (χ0v) is 15.7. The zero-order valence-electron chi connectivity index (χ0n) is 15.7. The quantitative estimate of drug-likeness (QED) is 0.784. The molecule has 3 rings (SSSR count). The summed E-state index contributed by atoms with van der Waals surface area (Å²) in [5.74, 6) is 0.363. The Hall–Kier alpha value is -2.53.